The second kappa shape index (κ2) is 3.43. The molecule has 0 aliphatic carbocycles. The van der Waals surface area contributed by atoms with Crippen molar-refractivity contribution < 1.29 is 0 Å². The highest BCUT2D eigenvalue weighted by atomic mass is 15.3. The Labute approximate surface area is 96.1 Å². The van der Waals surface area contributed by atoms with Crippen LogP contribution in [0.1, 0.15) is 5.69 Å². The van der Waals surface area contributed by atoms with Crippen LogP contribution in [0.5, 0.6) is 0 Å². The van der Waals surface area contributed by atoms with Gasteiger partial charge in [-0.25, -0.2) is 4.98 Å². The van der Waals surface area contributed by atoms with Crippen LogP contribution >= 0.6 is 0 Å². The van der Waals surface area contributed by atoms with Crippen LogP contribution in [0.15, 0.2) is 18.2 Å². The molecule has 2 N–H and O–H groups in total. The molecule has 2 fully saturated rings. The van der Waals surface area contributed by atoms with E-state index in [2.05, 4.69) is 27.9 Å². The van der Waals surface area contributed by atoms with Crippen molar-refractivity contribution in [2.24, 2.45) is 11.1 Å². The van der Waals surface area contributed by atoms with Gasteiger partial charge in [-0.05, 0) is 19.2 Å². The number of rotatable bonds is 2. The third-order valence-corrected chi connectivity index (χ3v) is 3.59. The Kier molecular flexibility index (Phi) is 2.16. The molecule has 1 aromatic rings. The summed E-state index contributed by atoms with van der Waals surface area (Å²) in [4.78, 5) is 9.27. The van der Waals surface area contributed by atoms with Crippen molar-refractivity contribution in [2.45, 2.75) is 6.54 Å². The van der Waals surface area contributed by atoms with Crippen LogP contribution in [0, 0.1) is 5.41 Å². The zero-order chi connectivity index (χ0) is 11.2. The molecule has 1 aromatic heterocycles. The lowest BCUT2D eigenvalue weighted by Crippen LogP contribution is -2.71. The monoisotopic (exact) mass is 218 g/mol. The number of likely N-dealkylation sites (tertiary alicyclic amines) is 1. The molecule has 4 heteroatoms. The summed E-state index contributed by atoms with van der Waals surface area (Å²) in [6.45, 7) is 5.30. The molecule has 3 rings (SSSR count). The molecule has 1 spiro atoms. The third-order valence-electron chi connectivity index (χ3n) is 3.59. The molecule has 2 aliphatic rings. The number of nitrogens with zero attached hydrogens (tertiary/aromatic N) is 3. The molecule has 0 bridgehead atoms. The lowest BCUT2D eigenvalue weighted by Gasteiger charge is -2.60. The van der Waals surface area contributed by atoms with Crippen LogP contribution in [-0.4, -0.2) is 43.1 Å². The predicted octanol–water partition coefficient (Wildman–Crippen LogP) is 0.292. The number of pyridine rings is 1. The highest BCUT2D eigenvalue weighted by Crippen LogP contribution is 2.40. The van der Waals surface area contributed by atoms with Gasteiger partial charge >= 0.3 is 0 Å². The van der Waals surface area contributed by atoms with Crippen LogP contribution in [0.4, 0.5) is 5.82 Å². The van der Waals surface area contributed by atoms with E-state index in [-0.39, 0.29) is 0 Å². The Bertz CT molecular complexity index is 390. The number of nitrogens with two attached hydrogens (primary N) is 1. The van der Waals surface area contributed by atoms with Crippen LogP contribution in [-0.2, 0) is 6.54 Å². The van der Waals surface area contributed by atoms with Gasteiger partial charge in [0.1, 0.15) is 5.82 Å². The van der Waals surface area contributed by atoms with Gasteiger partial charge in [0.2, 0.25) is 0 Å². The summed E-state index contributed by atoms with van der Waals surface area (Å²) in [7, 11) is 2.18. The highest BCUT2D eigenvalue weighted by Gasteiger charge is 2.50. The first-order chi connectivity index (χ1) is 7.71. The van der Waals surface area contributed by atoms with E-state index >= 15 is 0 Å². The summed E-state index contributed by atoms with van der Waals surface area (Å²) < 4.78 is 0. The van der Waals surface area contributed by atoms with Crippen molar-refractivity contribution >= 4 is 5.82 Å². The van der Waals surface area contributed by atoms with E-state index in [4.69, 9.17) is 5.73 Å². The molecular weight excluding hydrogens is 200 g/mol. The maximum atomic E-state index is 5.60. The number of anilines is 1. The minimum absolute atomic E-state index is 0.523. The first-order valence-electron chi connectivity index (χ1n) is 5.80. The molecule has 86 valence electrons. The van der Waals surface area contributed by atoms with Gasteiger partial charge in [-0.15, -0.1) is 0 Å². The lowest BCUT2D eigenvalue weighted by molar-refractivity contribution is -0.00281. The van der Waals surface area contributed by atoms with E-state index in [1.54, 1.807) is 0 Å². The van der Waals surface area contributed by atoms with E-state index in [9.17, 15) is 0 Å². The molecule has 0 amide bonds. The Morgan fingerprint density at radius 2 is 2.06 bits per heavy atom. The largest absolute Gasteiger partial charge is 0.355 e. The first kappa shape index (κ1) is 10.1. The highest BCUT2D eigenvalue weighted by molar-refractivity contribution is 5.44. The molecule has 0 atom stereocenters. The third kappa shape index (κ3) is 1.49. The van der Waals surface area contributed by atoms with Crippen molar-refractivity contribution in [1.82, 2.24) is 9.88 Å². The van der Waals surface area contributed by atoms with Gasteiger partial charge in [0, 0.05) is 38.1 Å². The fourth-order valence-electron chi connectivity index (χ4n) is 2.98. The molecule has 0 saturated carbocycles. The standard InChI is InChI=1S/C12H18N4/c1-15-6-12(7-15)8-16(9-12)11-4-2-3-10(5-13)14-11/h2-4H,5-9,13H2,1H3. The molecule has 4 nitrogen and oxygen atoms in total. The average molecular weight is 218 g/mol. The van der Waals surface area contributed by atoms with Gasteiger partial charge in [-0.2, -0.15) is 0 Å². The lowest BCUT2D eigenvalue weighted by atomic mass is 9.73. The Morgan fingerprint density at radius 3 is 2.69 bits per heavy atom. The Balaban J connectivity index is 1.67. The van der Waals surface area contributed by atoms with Gasteiger partial charge in [0.25, 0.3) is 0 Å². The SMILES string of the molecule is CN1CC2(C1)CN(c1cccc(CN)n1)C2. The summed E-state index contributed by atoms with van der Waals surface area (Å²) in [6, 6.07) is 6.10. The fraction of sp³-hybridized carbons (Fsp3) is 0.583. The molecule has 0 radical (unpaired) electrons. The van der Waals surface area contributed by atoms with Crippen LogP contribution in [0.3, 0.4) is 0 Å². The molecule has 16 heavy (non-hydrogen) atoms. The van der Waals surface area contributed by atoms with Gasteiger partial charge in [-0.1, -0.05) is 6.07 Å². The Hall–Kier alpha value is -1.13. The molecule has 0 unspecified atom stereocenters. The van der Waals surface area contributed by atoms with Crippen molar-refractivity contribution in [2.75, 3.05) is 38.1 Å². The van der Waals surface area contributed by atoms with Crippen molar-refractivity contribution in [3.63, 3.8) is 0 Å². The minimum atomic E-state index is 0.523. The molecule has 0 aromatic carbocycles. The smallest absolute Gasteiger partial charge is 0.128 e. The maximum absolute atomic E-state index is 5.60. The van der Waals surface area contributed by atoms with Crippen LogP contribution in [0.25, 0.3) is 0 Å². The summed E-state index contributed by atoms with van der Waals surface area (Å²) in [5.41, 5.74) is 7.14. The van der Waals surface area contributed by atoms with E-state index in [0.29, 0.717) is 12.0 Å². The number of hydrogen-bond acceptors (Lipinski definition) is 4. The molecule has 2 aliphatic heterocycles. The minimum Gasteiger partial charge on any atom is -0.355 e. The predicted molar refractivity (Wildman–Crippen MR) is 64.3 cm³/mol. The summed E-state index contributed by atoms with van der Waals surface area (Å²) in [6.07, 6.45) is 0. The van der Waals surface area contributed by atoms with Gasteiger partial charge in [0.05, 0.1) is 5.69 Å². The average Bonchev–Trinajstić information content (AvgIpc) is 2.21. The topological polar surface area (TPSA) is 45.4 Å². The van der Waals surface area contributed by atoms with Gasteiger partial charge in [0.15, 0.2) is 0 Å². The zero-order valence-corrected chi connectivity index (χ0v) is 9.69. The van der Waals surface area contributed by atoms with Crippen LogP contribution < -0.4 is 10.6 Å². The van der Waals surface area contributed by atoms with Crippen molar-refractivity contribution in [3.05, 3.63) is 23.9 Å². The van der Waals surface area contributed by atoms with E-state index in [0.717, 1.165) is 24.6 Å². The summed E-state index contributed by atoms with van der Waals surface area (Å²) in [5.74, 6) is 1.09. The number of hydrogen-bond donors (Lipinski definition) is 1. The van der Waals surface area contributed by atoms with Crippen LogP contribution in [0.2, 0.25) is 0 Å². The normalized spacial score (nSPS) is 23.0. The van der Waals surface area contributed by atoms with Gasteiger partial charge < -0.3 is 15.5 Å². The molecule has 3 heterocycles. The molecular formula is C12H18N4. The first-order valence-corrected chi connectivity index (χ1v) is 5.80. The maximum Gasteiger partial charge on any atom is 0.128 e. The van der Waals surface area contributed by atoms with E-state index < -0.39 is 0 Å². The zero-order valence-electron chi connectivity index (χ0n) is 9.69. The Morgan fingerprint density at radius 1 is 1.31 bits per heavy atom. The molecule has 2 saturated heterocycles. The summed E-state index contributed by atoms with van der Waals surface area (Å²) >= 11 is 0. The van der Waals surface area contributed by atoms with Crippen molar-refractivity contribution in [1.29, 1.82) is 0 Å². The second-order valence-electron chi connectivity index (χ2n) is 5.22. The number of aromatic nitrogens is 1. The van der Waals surface area contributed by atoms with Gasteiger partial charge in [-0.3, -0.25) is 0 Å². The summed E-state index contributed by atoms with van der Waals surface area (Å²) in [5, 5.41) is 0. The quantitative estimate of drug-likeness (QED) is 0.775. The fourth-order valence-corrected chi connectivity index (χ4v) is 2.98. The van der Waals surface area contributed by atoms with E-state index in [1.165, 1.54) is 13.1 Å². The van der Waals surface area contributed by atoms with Crippen molar-refractivity contribution in [3.8, 4) is 0 Å². The van der Waals surface area contributed by atoms with E-state index in [1.807, 2.05) is 12.1 Å². The second-order valence-corrected chi connectivity index (χ2v) is 5.22.